The predicted molar refractivity (Wildman–Crippen MR) is 74.6 cm³/mol. The van der Waals surface area contributed by atoms with Crippen LogP contribution in [0, 0.1) is 11.3 Å². The molecule has 1 aliphatic heterocycles. The summed E-state index contributed by atoms with van der Waals surface area (Å²) in [6.07, 6.45) is 3.99. The summed E-state index contributed by atoms with van der Waals surface area (Å²) >= 11 is 0. The van der Waals surface area contributed by atoms with E-state index in [1.807, 2.05) is 6.07 Å². The Morgan fingerprint density at radius 2 is 2.15 bits per heavy atom. The SMILES string of the molecule is N#Cc1ccccc1S(=O)(=O)NCCC1CCCCO1. The van der Waals surface area contributed by atoms with E-state index in [-0.39, 0.29) is 16.6 Å². The highest BCUT2D eigenvalue weighted by Crippen LogP contribution is 2.17. The first-order valence-electron chi connectivity index (χ1n) is 6.74. The Kier molecular flexibility index (Phi) is 5.12. The summed E-state index contributed by atoms with van der Waals surface area (Å²) in [4.78, 5) is 0.0343. The van der Waals surface area contributed by atoms with Crippen molar-refractivity contribution in [2.75, 3.05) is 13.2 Å². The first-order valence-corrected chi connectivity index (χ1v) is 8.22. The second-order valence-electron chi connectivity index (χ2n) is 4.78. The maximum Gasteiger partial charge on any atom is 0.241 e. The third kappa shape index (κ3) is 3.79. The number of benzene rings is 1. The van der Waals surface area contributed by atoms with E-state index < -0.39 is 10.0 Å². The third-order valence-corrected chi connectivity index (χ3v) is 4.85. The molecule has 0 saturated carbocycles. The van der Waals surface area contributed by atoms with E-state index in [9.17, 15) is 8.42 Å². The summed E-state index contributed by atoms with van der Waals surface area (Å²) in [5, 5.41) is 8.95. The number of hydrogen-bond donors (Lipinski definition) is 1. The monoisotopic (exact) mass is 294 g/mol. The van der Waals surface area contributed by atoms with Crippen molar-refractivity contribution in [3.8, 4) is 6.07 Å². The van der Waals surface area contributed by atoms with E-state index in [4.69, 9.17) is 10.00 Å². The molecular formula is C14H18N2O3S. The molecule has 0 radical (unpaired) electrons. The van der Waals surface area contributed by atoms with Crippen LogP contribution in [0.4, 0.5) is 0 Å². The van der Waals surface area contributed by atoms with Crippen molar-refractivity contribution in [1.29, 1.82) is 5.26 Å². The third-order valence-electron chi connectivity index (χ3n) is 3.33. The van der Waals surface area contributed by atoms with E-state index in [0.717, 1.165) is 25.9 Å². The van der Waals surface area contributed by atoms with Crippen molar-refractivity contribution >= 4 is 10.0 Å². The van der Waals surface area contributed by atoms with Gasteiger partial charge in [0.2, 0.25) is 10.0 Å². The molecule has 1 aromatic rings. The number of rotatable bonds is 5. The van der Waals surface area contributed by atoms with Crippen molar-refractivity contribution in [3.63, 3.8) is 0 Å². The number of nitriles is 1. The number of hydrogen-bond acceptors (Lipinski definition) is 4. The highest BCUT2D eigenvalue weighted by atomic mass is 32.2. The smallest absolute Gasteiger partial charge is 0.241 e. The van der Waals surface area contributed by atoms with Gasteiger partial charge in [-0.1, -0.05) is 12.1 Å². The van der Waals surface area contributed by atoms with Crippen LogP contribution in [-0.2, 0) is 14.8 Å². The van der Waals surface area contributed by atoms with Gasteiger partial charge in [-0.25, -0.2) is 13.1 Å². The average molecular weight is 294 g/mol. The van der Waals surface area contributed by atoms with E-state index >= 15 is 0 Å². The van der Waals surface area contributed by atoms with Gasteiger partial charge in [0, 0.05) is 13.2 Å². The van der Waals surface area contributed by atoms with Gasteiger partial charge in [-0.05, 0) is 37.8 Å². The Bertz CT molecular complexity index is 587. The number of nitrogens with one attached hydrogen (secondary N) is 1. The zero-order valence-corrected chi connectivity index (χ0v) is 12.0. The Hall–Kier alpha value is -1.42. The van der Waals surface area contributed by atoms with Gasteiger partial charge in [-0.2, -0.15) is 5.26 Å². The lowest BCUT2D eigenvalue weighted by Gasteiger charge is -2.22. The molecule has 1 atom stereocenters. The van der Waals surface area contributed by atoms with Crippen LogP contribution < -0.4 is 4.72 Å². The van der Waals surface area contributed by atoms with Crippen molar-refractivity contribution < 1.29 is 13.2 Å². The van der Waals surface area contributed by atoms with Gasteiger partial charge in [0.1, 0.15) is 6.07 Å². The molecule has 1 heterocycles. The quantitative estimate of drug-likeness (QED) is 0.898. The molecule has 2 rings (SSSR count). The topological polar surface area (TPSA) is 79.2 Å². The molecule has 0 aromatic heterocycles. The van der Waals surface area contributed by atoms with E-state index in [2.05, 4.69) is 4.72 Å². The molecule has 1 N–H and O–H groups in total. The van der Waals surface area contributed by atoms with Gasteiger partial charge in [0.15, 0.2) is 0 Å². The molecule has 1 aromatic carbocycles. The van der Waals surface area contributed by atoms with Crippen LogP contribution in [0.1, 0.15) is 31.2 Å². The van der Waals surface area contributed by atoms with Crippen LogP contribution in [0.3, 0.4) is 0 Å². The molecule has 0 amide bonds. The molecule has 0 aliphatic carbocycles. The fourth-order valence-corrected chi connectivity index (χ4v) is 3.46. The molecule has 1 aliphatic rings. The van der Waals surface area contributed by atoms with Gasteiger partial charge in [0.05, 0.1) is 16.6 Å². The normalized spacial score (nSPS) is 19.4. The highest BCUT2D eigenvalue weighted by molar-refractivity contribution is 7.89. The van der Waals surface area contributed by atoms with Crippen LogP contribution in [0.25, 0.3) is 0 Å². The lowest BCUT2D eigenvalue weighted by Crippen LogP contribution is -2.29. The maximum atomic E-state index is 12.2. The highest BCUT2D eigenvalue weighted by Gasteiger charge is 2.19. The summed E-state index contributed by atoms with van der Waals surface area (Å²) in [5.74, 6) is 0. The van der Waals surface area contributed by atoms with E-state index in [0.29, 0.717) is 13.0 Å². The van der Waals surface area contributed by atoms with Crippen LogP contribution in [0.15, 0.2) is 29.2 Å². The molecule has 1 saturated heterocycles. The van der Waals surface area contributed by atoms with E-state index in [1.165, 1.54) is 12.1 Å². The van der Waals surface area contributed by atoms with Gasteiger partial charge >= 0.3 is 0 Å². The van der Waals surface area contributed by atoms with Gasteiger partial charge in [-0.3, -0.25) is 0 Å². The summed E-state index contributed by atoms with van der Waals surface area (Å²) in [6, 6.07) is 8.10. The maximum absolute atomic E-state index is 12.2. The summed E-state index contributed by atoms with van der Waals surface area (Å²) in [7, 11) is -3.63. The molecule has 0 bridgehead atoms. The Labute approximate surface area is 119 Å². The molecule has 1 unspecified atom stereocenters. The lowest BCUT2D eigenvalue weighted by molar-refractivity contribution is 0.0123. The van der Waals surface area contributed by atoms with Gasteiger partial charge < -0.3 is 4.74 Å². The largest absolute Gasteiger partial charge is 0.378 e. The van der Waals surface area contributed by atoms with Gasteiger partial charge in [0.25, 0.3) is 0 Å². The zero-order chi connectivity index (χ0) is 14.4. The van der Waals surface area contributed by atoms with Gasteiger partial charge in [-0.15, -0.1) is 0 Å². The second-order valence-corrected chi connectivity index (χ2v) is 6.52. The molecule has 0 spiro atoms. The summed E-state index contributed by atoms with van der Waals surface area (Å²) in [6.45, 7) is 1.08. The number of ether oxygens (including phenoxy) is 1. The number of sulfonamides is 1. The lowest BCUT2D eigenvalue weighted by atomic mass is 10.1. The molecule has 108 valence electrons. The molecule has 20 heavy (non-hydrogen) atoms. The average Bonchev–Trinajstić information content (AvgIpc) is 2.48. The van der Waals surface area contributed by atoms with Crippen LogP contribution in [0.5, 0.6) is 0 Å². The molecule has 5 nitrogen and oxygen atoms in total. The van der Waals surface area contributed by atoms with Crippen molar-refractivity contribution in [2.24, 2.45) is 0 Å². The first kappa shape index (κ1) is 15.0. The van der Waals surface area contributed by atoms with Crippen molar-refractivity contribution in [1.82, 2.24) is 4.72 Å². The summed E-state index contributed by atoms with van der Waals surface area (Å²) < 4.78 is 32.4. The second kappa shape index (κ2) is 6.84. The first-order chi connectivity index (χ1) is 9.63. The minimum absolute atomic E-state index is 0.0343. The zero-order valence-electron chi connectivity index (χ0n) is 11.2. The molecule has 1 fully saturated rings. The van der Waals surface area contributed by atoms with Crippen LogP contribution >= 0.6 is 0 Å². The molecule has 6 heteroatoms. The Balaban J connectivity index is 1.95. The minimum Gasteiger partial charge on any atom is -0.378 e. The van der Waals surface area contributed by atoms with Crippen molar-refractivity contribution in [2.45, 2.75) is 36.7 Å². The predicted octanol–water partition coefficient (Wildman–Crippen LogP) is 1.80. The Morgan fingerprint density at radius 3 is 2.85 bits per heavy atom. The minimum atomic E-state index is -3.63. The van der Waals surface area contributed by atoms with Crippen LogP contribution in [0.2, 0.25) is 0 Å². The summed E-state index contributed by atoms with van der Waals surface area (Å²) in [5.41, 5.74) is 0.161. The fourth-order valence-electron chi connectivity index (χ4n) is 2.26. The standard InChI is InChI=1S/C14H18N2O3S/c15-11-12-5-1-2-7-14(12)20(17,18)16-9-8-13-6-3-4-10-19-13/h1-2,5,7,13,16H,3-4,6,8-10H2. The molecular weight excluding hydrogens is 276 g/mol. The van der Waals surface area contributed by atoms with Crippen molar-refractivity contribution in [3.05, 3.63) is 29.8 Å². The number of nitrogens with zero attached hydrogens (tertiary/aromatic N) is 1. The van der Waals surface area contributed by atoms with Crippen LogP contribution in [-0.4, -0.2) is 27.7 Å². The Morgan fingerprint density at radius 1 is 1.35 bits per heavy atom. The van der Waals surface area contributed by atoms with E-state index in [1.54, 1.807) is 12.1 Å². The fraction of sp³-hybridized carbons (Fsp3) is 0.500.